The van der Waals surface area contributed by atoms with Crippen LogP contribution in [0.25, 0.3) is 0 Å². The zero-order chi connectivity index (χ0) is 53.5. The van der Waals surface area contributed by atoms with E-state index < -0.39 is 26.5 Å². The van der Waals surface area contributed by atoms with Crippen molar-refractivity contribution in [2.24, 2.45) is 0 Å². The molecule has 73 heavy (non-hydrogen) atoms. The predicted molar refractivity (Wildman–Crippen MR) is 310 cm³/mol. The van der Waals surface area contributed by atoms with Crippen molar-refractivity contribution >= 4 is 19.8 Å². The summed E-state index contributed by atoms with van der Waals surface area (Å²) in [6.45, 7) is 4.16. The highest BCUT2D eigenvalue weighted by molar-refractivity contribution is 7.45. The van der Waals surface area contributed by atoms with Gasteiger partial charge in [-0.3, -0.25) is 14.2 Å². The number of likely N-dealkylation sites (N-methyl/N-ethyl adjacent to an activating group) is 1. The average Bonchev–Trinajstić information content (AvgIpc) is 3.35. The second kappa shape index (κ2) is 55.0. The summed E-state index contributed by atoms with van der Waals surface area (Å²) in [5, 5.41) is 0. The summed E-state index contributed by atoms with van der Waals surface area (Å²) < 4.78 is 34.2. The van der Waals surface area contributed by atoms with Gasteiger partial charge in [0.1, 0.15) is 19.8 Å². The first-order chi connectivity index (χ1) is 35.5. The van der Waals surface area contributed by atoms with Crippen molar-refractivity contribution in [3.63, 3.8) is 0 Å². The molecule has 0 aromatic rings. The Kier molecular flexibility index (Phi) is 53.7. The smallest absolute Gasteiger partial charge is 0.306 e. The number of hydrogen-bond acceptors (Lipinski definition) is 8. The van der Waals surface area contributed by atoms with Crippen LogP contribution in [0.1, 0.15) is 303 Å². The molecule has 0 spiro atoms. The van der Waals surface area contributed by atoms with Crippen LogP contribution in [0.4, 0.5) is 0 Å². The van der Waals surface area contributed by atoms with Gasteiger partial charge < -0.3 is 27.9 Å². The van der Waals surface area contributed by atoms with E-state index in [2.05, 4.69) is 50.3 Å². The largest absolute Gasteiger partial charge is 0.756 e. The topological polar surface area (TPSA) is 111 Å². The van der Waals surface area contributed by atoms with Gasteiger partial charge in [-0.15, -0.1) is 0 Å². The number of carbonyl (C=O) groups excluding carboxylic acids is 2. The Bertz CT molecular complexity index is 1330. The lowest BCUT2D eigenvalue weighted by atomic mass is 10.0. The summed E-state index contributed by atoms with van der Waals surface area (Å²) in [6, 6.07) is 0. The molecule has 10 heteroatoms. The van der Waals surface area contributed by atoms with Crippen LogP contribution in [0.15, 0.2) is 36.5 Å². The first-order valence-corrected chi connectivity index (χ1v) is 32.7. The van der Waals surface area contributed by atoms with Gasteiger partial charge in [0, 0.05) is 12.8 Å². The minimum absolute atomic E-state index is 0.0318. The fourth-order valence-corrected chi connectivity index (χ4v) is 9.87. The SMILES string of the molecule is CC/C=C\C/C=C\C/C=C\CCCCCCCCCC(=O)OC(COC(=O)CCCCCCCCCCCCCCCCCCCCCCCCCCCCCCCCCC)COP(=O)([O-])OCC[N+](C)(C)C. The number of allylic oxidation sites excluding steroid dienone is 6. The van der Waals surface area contributed by atoms with E-state index in [0.717, 1.165) is 64.2 Å². The van der Waals surface area contributed by atoms with Crippen molar-refractivity contribution < 1.29 is 42.1 Å². The molecule has 0 N–H and O–H groups in total. The van der Waals surface area contributed by atoms with Crippen molar-refractivity contribution in [3.8, 4) is 0 Å². The van der Waals surface area contributed by atoms with Gasteiger partial charge in [-0.2, -0.15) is 0 Å². The summed E-state index contributed by atoms with van der Waals surface area (Å²) >= 11 is 0. The Labute approximate surface area is 452 Å². The number of quaternary nitrogens is 1. The van der Waals surface area contributed by atoms with Gasteiger partial charge in [0.25, 0.3) is 7.82 Å². The van der Waals surface area contributed by atoms with Gasteiger partial charge in [-0.1, -0.05) is 281 Å². The fourth-order valence-electron chi connectivity index (χ4n) is 9.15. The number of esters is 2. The molecule has 0 amide bonds. The number of phosphoric acid groups is 1. The Balaban J connectivity index is 3.98. The molecule has 2 unspecified atom stereocenters. The number of phosphoric ester groups is 1. The summed E-state index contributed by atoms with van der Waals surface area (Å²) in [6.07, 6.45) is 67.9. The number of carbonyl (C=O) groups is 2. The van der Waals surface area contributed by atoms with E-state index in [-0.39, 0.29) is 32.0 Å². The maximum absolute atomic E-state index is 12.8. The van der Waals surface area contributed by atoms with Crippen molar-refractivity contribution in [1.82, 2.24) is 0 Å². The molecule has 0 aromatic heterocycles. The Morgan fingerprint density at radius 1 is 0.438 bits per heavy atom. The van der Waals surface area contributed by atoms with Crippen LogP contribution < -0.4 is 4.89 Å². The lowest BCUT2D eigenvalue weighted by Crippen LogP contribution is -2.37. The molecule has 0 heterocycles. The lowest BCUT2D eigenvalue weighted by molar-refractivity contribution is -0.870. The van der Waals surface area contributed by atoms with Gasteiger partial charge in [0.2, 0.25) is 0 Å². The monoisotopic (exact) mass is 1050 g/mol. The predicted octanol–water partition coefficient (Wildman–Crippen LogP) is 18.9. The van der Waals surface area contributed by atoms with E-state index in [4.69, 9.17) is 18.5 Å². The van der Waals surface area contributed by atoms with E-state index in [9.17, 15) is 19.0 Å². The molecule has 0 radical (unpaired) electrons. The van der Waals surface area contributed by atoms with Crippen LogP contribution in [-0.2, 0) is 32.7 Å². The Morgan fingerprint density at radius 3 is 1.16 bits per heavy atom. The maximum Gasteiger partial charge on any atom is 0.306 e. The zero-order valence-electron chi connectivity index (χ0n) is 48.9. The van der Waals surface area contributed by atoms with E-state index >= 15 is 0 Å². The standard InChI is InChI=1S/C63H120NO8P/c1-6-8-10-12-14-16-18-20-22-24-25-26-27-28-29-30-31-32-33-34-35-36-37-38-40-41-43-45-47-49-51-53-55-62(65)69-59-61(60-71-73(67,68)70-58-57-64(3,4)5)72-63(66)56-54-52-50-48-46-44-42-39-23-21-19-17-15-13-11-9-7-2/h9,11,15,17,21,23,61H,6-8,10,12-14,16,18-20,22,24-60H2,1-5H3/b11-9-,17-15-,23-21-. The number of nitrogens with zero attached hydrogens (tertiary/aromatic N) is 1. The molecule has 430 valence electrons. The highest BCUT2D eigenvalue weighted by Gasteiger charge is 2.22. The van der Waals surface area contributed by atoms with Crippen LogP contribution in [0.2, 0.25) is 0 Å². The van der Waals surface area contributed by atoms with Crippen molar-refractivity contribution in [1.29, 1.82) is 0 Å². The van der Waals surface area contributed by atoms with Crippen LogP contribution in [0.5, 0.6) is 0 Å². The van der Waals surface area contributed by atoms with E-state index in [0.29, 0.717) is 17.4 Å². The van der Waals surface area contributed by atoms with Crippen LogP contribution in [0, 0.1) is 0 Å². The van der Waals surface area contributed by atoms with Gasteiger partial charge in [-0.05, 0) is 44.9 Å². The van der Waals surface area contributed by atoms with Crippen LogP contribution in [0.3, 0.4) is 0 Å². The summed E-state index contributed by atoms with van der Waals surface area (Å²) in [5.74, 6) is -0.831. The van der Waals surface area contributed by atoms with E-state index in [1.165, 1.54) is 205 Å². The van der Waals surface area contributed by atoms with Gasteiger partial charge in [-0.25, -0.2) is 0 Å². The summed E-state index contributed by atoms with van der Waals surface area (Å²) in [4.78, 5) is 37.9. The van der Waals surface area contributed by atoms with Crippen LogP contribution >= 0.6 is 7.82 Å². The van der Waals surface area contributed by atoms with Crippen molar-refractivity contribution in [2.45, 2.75) is 309 Å². The minimum Gasteiger partial charge on any atom is -0.756 e. The Morgan fingerprint density at radius 2 is 0.781 bits per heavy atom. The van der Waals surface area contributed by atoms with E-state index in [1.807, 2.05) is 21.1 Å². The number of unbranched alkanes of at least 4 members (excludes halogenated alkanes) is 38. The molecule has 0 aliphatic carbocycles. The minimum atomic E-state index is -4.64. The molecule has 0 saturated carbocycles. The molecule has 0 fully saturated rings. The summed E-state index contributed by atoms with van der Waals surface area (Å²) in [5.41, 5.74) is 0. The highest BCUT2D eigenvalue weighted by atomic mass is 31.2. The average molecular weight is 1050 g/mol. The molecule has 9 nitrogen and oxygen atoms in total. The molecule has 0 aliphatic rings. The number of rotatable bonds is 58. The van der Waals surface area contributed by atoms with Gasteiger partial charge in [0.05, 0.1) is 27.7 Å². The highest BCUT2D eigenvalue weighted by Crippen LogP contribution is 2.38. The second-order valence-electron chi connectivity index (χ2n) is 22.4. The molecular formula is C63H120NO8P. The third kappa shape index (κ3) is 59.3. The maximum atomic E-state index is 12.8. The third-order valence-corrected chi connectivity index (χ3v) is 14.9. The Hall–Kier alpha value is -1.77. The summed E-state index contributed by atoms with van der Waals surface area (Å²) in [7, 11) is 1.17. The second-order valence-corrected chi connectivity index (χ2v) is 23.8. The van der Waals surface area contributed by atoms with Gasteiger partial charge in [0.15, 0.2) is 6.10 Å². The molecule has 0 rings (SSSR count). The van der Waals surface area contributed by atoms with Gasteiger partial charge >= 0.3 is 11.9 Å². The van der Waals surface area contributed by atoms with Crippen LogP contribution in [-0.4, -0.2) is 70.0 Å². The molecule has 0 bridgehead atoms. The zero-order valence-corrected chi connectivity index (χ0v) is 49.7. The molecule has 0 saturated heterocycles. The van der Waals surface area contributed by atoms with E-state index in [1.54, 1.807) is 0 Å². The number of hydrogen-bond donors (Lipinski definition) is 0. The third-order valence-electron chi connectivity index (χ3n) is 13.9. The lowest BCUT2D eigenvalue weighted by Gasteiger charge is -2.28. The molecular weight excluding hydrogens is 930 g/mol. The first kappa shape index (κ1) is 71.2. The fraction of sp³-hybridized carbons (Fsp3) is 0.873. The quantitative estimate of drug-likeness (QED) is 0.0195. The van der Waals surface area contributed by atoms with Crippen molar-refractivity contribution in [2.75, 3.05) is 47.5 Å². The molecule has 2 atom stereocenters. The number of ether oxygens (including phenoxy) is 2. The molecule has 0 aliphatic heterocycles. The van der Waals surface area contributed by atoms with Crippen molar-refractivity contribution in [3.05, 3.63) is 36.5 Å². The molecule has 0 aromatic carbocycles. The normalized spacial score (nSPS) is 13.5. The first-order valence-electron chi connectivity index (χ1n) is 31.2.